The number of halogens is 2. The Morgan fingerprint density at radius 2 is 1.85 bits per heavy atom. The van der Waals surface area contributed by atoms with Crippen molar-refractivity contribution in [2.24, 2.45) is 5.41 Å². The molecule has 0 saturated carbocycles. The lowest BCUT2D eigenvalue weighted by Gasteiger charge is -2.24. The van der Waals surface area contributed by atoms with Gasteiger partial charge in [0.1, 0.15) is 0 Å². The van der Waals surface area contributed by atoms with Gasteiger partial charge in [0.05, 0.1) is 11.6 Å². The van der Waals surface area contributed by atoms with Crippen molar-refractivity contribution in [2.45, 2.75) is 26.5 Å². The third kappa shape index (κ3) is 3.38. The van der Waals surface area contributed by atoms with Gasteiger partial charge in [-0.25, -0.2) is 8.78 Å². The molecule has 2 aromatic rings. The molecule has 0 bridgehead atoms. The van der Waals surface area contributed by atoms with E-state index in [1.54, 1.807) is 11.0 Å². The van der Waals surface area contributed by atoms with Crippen molar-refractivity contribution < 1.29 is 18.3 Å². The van der Waals surface area contributed by atoms with Crippen molar-refractivity contribution >= 4 is 5.91 Å². The number of carbonyl (C=O) groups excluding carboxylic acids is 1. The summed E-state index contributed by atoms with van der Waals surface area (Å²) in [4.78, 5) is 14.4. The van der Waals surface area contributed by atoms with Crippen LogP contribution in [0.4, 0.5) is 8.78 Å². The summed E-state index contributed by atoms with van der Waals surface area (Å²) in [5.41, 5.74) is 0.196. The van der Waals surface area contributed by atoms with Crippen LogP contribution in [0.15, 0.2) is 42.5 Å². The van der Waals surface area contributed by atoms with Gasteiger partial charge >= 0.3 is 0 Å². The molecule has 1 saturated heterocycles. The van der Waals surface area contributed by atoms with Crippen LogP contribution in [0.2, 0.25) is 0 Å². The Bertz CT molecular complexity index is 852. The number of likely N-dealkylation sites (tertiary alicyclic amines) is 1. The van der Waals surface area contributed by atoms with Gasteiger partial charge < -0.3 is 9.64 Å². The minimum atomic E-state index is -1.01. The van der Waals surface area contributed by atoms with E-state index in [0.29, 0.717) is 13.1 Å². The Kier molecular flexibility index (Phi) is 4.64. The van der Waals surface area contributed by atoms with Crippen LogP contribution in [0.25, 0.3) is 0 Å². The van der Waals surface area contributed by atoms with E-state index in [0.717, 1.165) is 17.7 Å². The van der Waals surface area contributed by atoms with Crippen molar-refractivity contribution in [3.8, 4) is 11.8 Å². The maximum absolute atomic E-state index is 14.1. The van der Waals surface area contributed by atoms with Crippen LogP contribution in [0.1, 0.15) is 25.0 Å². The first kappa shape index (κ1) is 17.9. The van der Waals surface area contributed by atoms with Gasteiger partial charge in [-0.05, 0) is 17.7 Å². The molecule has 1 heterocycles. The smallest absolute Gasteiger partial charge is 0.264 e. The second-order valence-corrected chi connectivity index (χ2v) is 7.05. The van der Waals surface area contributed by atoms with E-state index in [1.165, 1.54) is 0 Å². The van der Waals surface area contributed by atoms with Crippen molar-refractivity contribution in [2.75, 3.05) is 6.54 Å². The molecule has 0 N–H and O–H groups in total. The minimum Gasteiger partial charge on any atom is -0.474 e. The number of nitriles is 1. The predicted octanol–water partition coefficient (Wildman–Crippen LogP) is 3.65. The third-order valence-electron chi connectivity index (χ3n) is 4.42. The summed E-state index contributed by atoms with van der Waals surface area (Å²) in [6, 6.07) is 13.0. The number of hydrogen-bond acceptors (Lipinski definition) is 3. The quantitative estimate of drug-likeness (QED) is 0.840. The van der Waals surface area contributed by atoms with Crippen LogP contribution in [0.3, 0.4) is 0 Å². The number of nitrogens with zero attached hydrogens (tertiary/aromatic N) is 2. The van der Waals surface area contributed by atoms with Gasteiger partial charge in [-0.15, -0.1) is 0 Å². The van der Waals surface area contributed by atoms with E-state index in [-0.39, 0.29) is 11.5 Å². The summed E-state index contributed by atoms with van der Waals surface area (Å²) >= 11 is 0. The van der Waals surface area contributed by atoms with E-state index < -0.39 is 28.9 Å². The van der Waals surface area contributed by atoms with Crippen LogP contribution >= 0.6 is 0 Å². The Morgan fingerprint density at radius 1 is 1.23 bits per heavy atom. The Balaban J connectivity index is 1.84. The Morgan fingerprint density at radius 3 is 2.42 bits per heavy atom. The van der Waals surface area contributed by atoms with Crippen molar-refractivity contribution in [1.82, 2.24) is 4.90 Å². The third-order valence-corrected chi connectivity index (χ3v) is 4.42. The molecule has 0 spiro atoms. The number of ether oxygens (including phenoxy) is 1. The molecule has 0 radical (unpaired) electrons. The molecule has 1 fully saturated rings. The molecule has 134 valence electrons. The van der Waals surface area contributed by atoms with Gasteiger partial charge in [-0.2, -0.15) is 5.26 Å². The fraction of sp³-hybridized carbons (Fsp3) is 0.300. The van der Waals surface area contributed by atoms with E-state index in [2.05, 4.69) is 0 Å². The summed E-state index contributed by atoms with van der Waals surface area (Å²) < 4.78 is 33.7. The highest BCUT2D eigenvalue weighted by Gasteiger charge is 2.48. The largest absolute Gasteiger partial charge is 0.474 e. The molecular weight excluding hydrogens is 338 g/mol. The average Bonchev–Trinajstić information content (AvgIpc) is 2.80. The Labute approximate surface area is 150 Å². The number of carbonyl (C=O) groups is 1. The van der Waals surface area contributed by atoms with Crippen LogP contribution in [0, 0.1) is 28.4 Å². The molecule has 1 aliphatic heterocycles. The van der Waals surface area contributed by atoms with Crippen LogP contribution < -0.4 is 4.74 Å². The van der Waals surface area contributed by atoms with E-state index in [4.69, 9.17) is 10.00 Å². The summed E-state index contributed by atoms with van der Waals surface area (Å²) in [6.07, 6.45) is -1.01. The van der Waals surface area contributed by atoms with Crippen LogP contribution in [0.5, 0.6) is 5.75 Å². The molecule has 3 rings (SSSR count). The zero-order valence-electron chi connectivity index (χ0n) is 14.5. The second kappa shape index (κ2) is 6.75. The van der Waals surface area contributed by atoms with Gasteiger partial charge in [-0.3, -0.25) is 4.79 Å². The minimum absolute atomic E-state index is 0.143. The SMILES string of the molecule is CC1(C)CN(Cc2ccccc2)C(=O)[C@@H]1Oc1c(F)cc(C#N)cc1F. The van der Waals surface area contributed by atoms with Gasteiger partial charge in [0.15, 0.2) is 23.5 Å². The van der Waals surface area contributed by atoms with Crippen molar-refractivity contribution in [1.29, 1.82) is 5.26 Å². The molecule has 2 aromatic carbocycles. The summed E-state index contributed by atoms with van der Waals surface area (Å²) in [5.74, 6) is -2.93. The number of benzene rings is 2. The van der Waals surface area contributed by atoms with Crippen molar-refractivity contribution in [3.05, 3.63) is 65.2 Å². The summed E-state index contributed by atoms with van der Waals surface area (Å²) in [7, 11) is 0. The first-order valence-corrected chi connectivity index (χ1v) is 8.20. The van der Waals surface area contributed by atoms with E-state index in [1.807, 2.05) is 44.2 Å². The van der Waals surface area contributed by atoms with Gasteiger partial charge in [0.2, 0.25) is 0 Å². The van der Waals surface area contributed by atoms with Crippen molar-refractivity contribution in [3.63, 3.8) is 0 Å². The zero-order valence-corrected chi connectivity index (χ0v) is 14.5. The molecule has 26 heavy (non-hydrogen) atoms. The maximum Gasteiger partial charge on any atom is 0.264 e. The zero-order chi connectivity index (χ0) is 18.9. The Hall–Kier alpha value is -2.94. The second-order valence-electron chi connectivity index (χ2n) is 7.05. The van der Waals surface area contributed by atoms with Gasteiger partial charge in [0.25, 0.3) is 5.91 Å². The molecule has 0 unspecified atom stereocenters. The van der Waals surface area contributed by atoms with Crippen LogP contribution in [-0.2, 0) is 11.3 Å². The highest BCUT2D eigenvalue weighted by atomic mass is 19.1. The lowest BCUT2D eigenvalue weighted by atomic mass is 9.89. The predicted molar refractivity (Wildman–Crippen MR) is 91.1 cm³/mol. The highest BCUT2D eigenvalue weighted by Crippen LogP contribution is 2.36. The summed E-state index contributed by atoms with van der Waals surface area (Å²) in [6.45, 7) is 4.45. The molecular formula is C20H18F2N2O2. The number of hydrogen-bond donors (Lipinski definition) is 0. The molecule has 4 nitrogen and oxygen atoms in total. The molecule has 1 atom stereocenters. The molecule has 0 aromatic heterocycles. The van der Waals surface area contributed by atoms with Crippen LogP contribution in [-0.4, -0.2) is 23.5 Å². The summed E-state index contributed by atoms with van der Waals surface area (Å²) in [5, 5.41) is 8.78. The topological polar surface area (TPSA) is 53.3 Å². The lowest BCUT2D eigenvalue weighted by Crippen LogP contribution is -2.37. The molecule has 6 heteroatoms. The average molecular weight is 356 g/mol. The fourth-order valence-corrected chi connectivity index (χ4v) is 3.16. The van der Waals surface area contributed by atoms with Gasteiger partial charge in [-0.1, -0.05) is 44.2 Å². The maximum atomic E-state index is 14.1. The molecule has 0 aliphatic carbocycles. The number of rotatable bonds is 4. The van der Waals surface area contributed by atoms with E-state index in [9.17, 15) is 13.6 Å². The van der Waals surface area contributed by atoms with Gasteiger partial charge in [0, 0.05) is 18.5 Å². The molecule has 1 amide bonds. The first-order chi connectivity index (χ1) is 12.3. The monoisotopic (exact) mass is 356 g/mol. The standard InChI is InChI=1S/C20H18F2N2O2/c1-20(2)12-24(11-13-6-4-3-5-7-13)19(25)18(20)26-17-15(21)8-14(10-23)9-16(17)22/h3-9,18H,11-12H2,1-2H3/t18-/m0/s1. The normalized spacial score (nSPS) is 18.7. The fourth-order valence-electron chi connectivity index (χ4n) is 3.16. The van der Waals surface area contributed by atoms with E-state index >= 15 is 0 Å². The number of amides is 1. The first-order valence-electron chi connectivity index (χ1n) is 8.20. The molecule has 1 aliphatic rings. The highest BCUT2D eigenvalue weighted by molar-refractivity contribution is 5.84. The lowest BCUT2D eigenvalue weighted by molar-refractivity contribution is -0.135.